The Bertz CT molecular complexity index is 1000. The summed E-state index contributed by atoms with van der Waals surface area (Å²) >= 11 is 6.28. The van der Waals surface area contributed by atoms with Crippen LogP contribution in [0.25, 0.3) is 0 Å². The summed E-state index contributed by atoms with van der Waals surface area (Å²) in [5, 5.41) is 10.7. The van der Waals surface area contributed by atoms with E-state index in [1.807, 2.05) is 0 Å². The molecule has 1 aliphatic heterocycles. The summed E-state index contributed by atoms with van der Waals surface area (Å²) in [6.45, 7) is 1.95. The van der Waals surface area contributed by atoms with E-state index in [0.29, 0.717) is 17.8 Å². The lowest BCUT2D eigenvalue weighted by Gasteiger charge is -2.34. The lowest BCUT2D eigenvalue weighted by Crippen LogP contribution is -2.36. The largest absolute Gasteiger partial charge is 0.487 e. The Morgan fingerprint density at radius 2 is 1.90 bits per heavy atom. The molecule has 1 N–H and O–H groups in total. The minimum atomic E-state index is -1.16. The van der Waals surface area contributed by atoms with Crippen molar-refractivity contribution in [2.45, 2.75) is 26.3 Å². The zero-order valence-corrected chi connectivity index (χ0v) is 17.1. The second-order valence-corrected chi connectivity index (χ2v) is 7.12. The maximum Gasteiger partial charge on any atom is 0.337 e. The predicted octanol–water partition coefficient (Wildman–Crippen LogP) is 4.46. The van der Waals surface area contributed by atoms with Crippen molar-refractivity contribution < 1.29 is 28.2 Å². The molecule has 1 unspecified atom stereocenters. The van der Waals surface area contributed by atoms with Gasteiger partial charge in [0.1, 0.15) is 29.0 Å². The van der Waals surface area contributed by atoms with Crippen molar-refractivity contribution >= 4 is 17.6 Å². The third kappa shape index (κ3) is 4.80. The molecule has 0 aliphatic carbocycles. The molecule has 1 atom stereocenters. The summed E-state index contributed by atoms with van der Waals surface area (Å²) in [7, 11) is 1.31. The fourth-order valence-corrected chi connectivity index (χ4v) is 3.20. The number of carbonyl (C=O) groups excluding carboxylic acids is 1. The minimum Gasteiger partial charge on any atom is -0.487 e. The molecule has 5 nitrogen and oxygen atoms in total. The lowest BCUT2D eigenvalue weighted by atomic mass is 10.1. The molecule has 1 heterocycles. The number of ether oxygens (including phenoxy) is 2. The average Bonchev–Trinajstić information content (AvgIpc) is 2.73. The molecule has 0 saturated heterocycles. The van der Waals surface area contributed by atoms with Crippen LogP contribution in [0.1, 0.15) is 28.4 Å². The highest BCUT2D eigenvalue weighted by atomic mass is 35.5. The Balaban J connectivity index is 1.70. The molecule has 1 aliphatic rings. The molecule has 0 radical (unpaired) electrons. The first-order chi connectivity index (χ1) is 14.3. The summed E-state index contributed by atoms with van der Waals surface area (Å²) in [4.78, 5) is 13.2. The van der Waals surface area contributed by atoms with Crippen LogP contribution >= 0.6 is 11.6 Å². The minimum absolute atomic E-state index is 0.0503. The van der Waals surface area contributed by atoms with Gasteiger partial charge in [0.2, 0.25) is 0 Å². The summed E-state index contributed by atoms with van der Waals surface area (Å²) in [6, 6.07) is 10.00. The standard InChI is InChI=1S/C22H20ClF2NO4/c1-13-9-19(30-12-16-7-8-17(24)10-18(16)25)20(23)21(27)26(13)11-14-3-5-15(6-4-14)22(28)29-2/h3-10,21,27H,11-12H2,1-2H3. The quantitative estimate of drug-likeness (QED) is 0.679. The molecule has 3 rings (SSSR count). The Labute approximate surface area is 177 Å². The molecule has 0 spiro atoms. The van der Waals surface area contributed by atoms with Gasteiger partial charge < -0.3 is 19.5 Å². The van der Waals surface area contributed by atoms with Crippen LogP contribution in [0.5, 0.6) is 0 Å². The molecule has 30 heavy (non-hydrogen) atoms. The number of allylic oxidation sites excluding steroid dienone is 2. The fourth-order valence-electron chi connectivity index (χ4n) is 2.98. The first kappa shape index (κ1) is 21.8. The first-order valence-corrected chi connectivity index (χ1v) is 9.44. The van der Waals surface area contributed by atoms with Crippen LogP contribution in [0.3, 0.4) is 0 Å². The molecule has 0 bridgehead atoms. The molecule has 0 fully saturated rings. The van der Waals surface area contributed by atoms with Gasteiger partial charge in [-0.15, -0.1) is 0 Å². The summed E-state index contributed by atoms with van der Waals surface area (Å²) in [5.41, 5.74) is 2.12. The van der Waals surface area contributed by atoms with Crippen molar-refractivity contribution in [1.29, 1.82) is 0 Å². The number of hydrogen-bond acceptors (Lipinski definition) is 5. The predicted molar refractivity (Wildman–Crippen MR) is 107 cm³/mol. The highest BCUT2D eigenvalue weighted by Gasteiger charge is 2.27. The highest BCUT2D eigenvalue weighted by Crippen LogP contribution is 2.30. The molecule has 0 amide bonds. The second-order valence-electron chi connectivity index (χ2n) is 6.71. The Morgan fingerprint density at radius 3 is 2.53 bits per heavy atom. The molecular weight excluding hydrogens is 416 g/mol. The van der Waals surface area contributed by atoms with E-state index >= 15 is 0 Å². The lowest BCUT2D eigenvalue weighted by molar-refractivity contribution is 0.0481. The van der Waals surface area contributed by atoms with Crippen molar-refractivity contribution in [1.82, 2.24) is 4.90 Å². The fraction of sp³-hybridized carbons (Fsp3) is 0.227. The maximum atomic E-state index is 13.8. The van der Waals surface area contributed by atoms with E-state index in [0.717, 1.165) is 17.7 Å². The molecule has 2 aromatic rings. The van der Waals surface area contributed by atoms with Gasteiger partial charge >= 0.3 is 5.97 Å². The van der Waals surface area contributed by atoms with Crippen LogP contribution in [0, 0.1) is 11.6 Å². The van der Waals surface area contributed by atoms with Gasteiger partial charge in [0, 0.05) is 29.9 Å². The Kier molecular flexibility index (Phi) is 6.74. The van der Waals surface area contributed by atoms with E-state index in [4.69, 9.17) is 16.3 Å². The van der Waals surface area contributed by atoms with Crippen molar-refractivity contribution in [3.63, 3.8) is 0 Å². The normalized spacial score (nSPS) is 16.4. The second kappa shape index (κ2) is 9.28. The third-order valence-corrected chi connectivity index (χ3v) is 5.06. The topological polar surface area (TPSA) is 59.0 Å². The van der Waals surface area contributed by atoms with Crippen LogP contribution < -0.4 is 0 Å². The average molecular weight is 436 g/mol. The number of hydrogen-bond donors (Lipinski definition) is 1. The SMILES string of the molecule is COC(=O)c1ccc(CN2C(C)=CC(OCc3ccc(F)cc3F)=C(Cl)C2O)cc1. The van der Waals surface area contributed by atoms with Crippen molar-refractivity contribution in [2.75, 3.05) is 7.11 Å². The van der Waals surface area contributed by atoms with E-state index in [1.54, 1.807) is 42.2 Å². The number of carbonyl (C=O) groups is 1. The number of nitrogens with zero attached hydrogens (tertiary/aromatic N) is 1. The zero-order valence-electron chi connectivity index (χ0n) is 16.4. The number of halogens is 3. The van der Waals surface area contributed by atoms with Gasteiger partial charge in [0.25, 0.3) is 0 Å². The van der Waals surface area contributed by atoms with Crippen LogP contribution in [0.4, 0.5) is 8.78 Å². The van der Waals surface area contributed by atoms with Gasteiger partial charge in [0.15, 0.2) is 6.23 Å². The van der Waals surface area contributed by atoms with Crippen molar-refractivity contribution in [2.24, 2.45) is 0 Å². The number of methoxy groups -OCH3 is 1. The smallest absolute Gasteiger partial charge is 0.337 e. The van der Waals surface area contributed by atoms with E-state index in [2.05, 4.69) is 4.74 Å². The van der Waals surface area contributed by atoms with E-state index in [1.165, 1.54) is 13.2 Å². The number of benzene rings is 2. The Morgan fingerprint density at radius 1 is 1.20 bits per heavy atom. The molecular formula is C22H20ClF2NO4. The number of aliphatic hydroxyl groups is 1. The van der Waals surface area contributed by atoms with E-state index in [9.17, 15) is 18.7 Å². The van der Waals surface area contributed by atoms with Crippen LogP contribution in [0.2, 0.25) is 0 Å². The monoisotopic (exact) mass is 435 g/mol. The molecule has 0 saturated carbocycles. The zero-order chi connectivity index (χ0) is 21.8. The van der Waals surface area contributed by atoms with Gasteiger partial charge in [0.05, 0.1) is 12.7 Å². The van der Waals surface area contributed by atoms with Gasteiger partial charge in [-0.3, -0.25) is 0 Å². The van der Waals surface area contributed by atoms with Crippen LogP contribution in [0.15, 0.2) is 65.0 Å². The molecule has 2 aromatic carbocycles. The number of aliphatic hydroxyl groups excluding tert-OH is 1. The summed E-state index contributed by atoms with van der Waals surface area (Å²) < 4.78 is 37.1. The summed E-state index contributed by atoms with van der Waals surface area (Å²) in [6.07, 6.45) is 0.476. The number of rotatable bonds is 6. The molecule has 0 aromatic heterocycles. The van der Waals surface area contributed by atoms with E-state index < -0.39 is 23.8 Å². The van der Waals surface area contributed by atoms with E-state index in [-0.39, 0.29) is 23.0 Å². The van der Waals surface area contributed by atoms with Gasteiger partial charge in [-0.2, -0.15) is 0 Å². The first-order valence-electron chi connectivity index (χ1n) is 9.07. The highest BCUT2D eigenvalue weighted by molar-refractivity contribution is 6.30. The van der Waals surface area contributed by atoms with Gasteiger partial charge in [-0.1, -0.05) is 23.7 Å². The van der Waals surface area contributed by atoms with Crippen LogP contribution in [-0.4, -0.2) is 29.3 Å². The van der Waals surface area contributed by atoms with Crippen molar-refractivity contribution in [3.05, 3.63) is 93.4 Å². The van der Waals surface area contributed by atoms with Crippen LogP contribution in [-0.2, 0) is 22.6 Å². The maximum absolute atomic E-state index is 13.8. The summed E-state index contributed by atoms with van der Waals surface area (Å²) in [5.74, 6) is -1.61. The third-order valence-electron chi connectivity index (χ3n) is 4.68. The number of esters is 1. The van der Waals surface area contributed by atoms with Gasteiger partial charge in [-0.25, -0.2) is 13.6 Å². The van der Waals surface area contributed by atoms with Gasteiger partial charge in [-0.05, 0) is 36.8 Å². The molecule has 8 heteroatoms. The Hall–Kier alpha value is -2.90. The van der Waals surface area contributed by atoms with Crippen molar-refractivity contribution in [3.8, 4) is 0 Å². The molecule has 158 valence electrons.